The van der Waals surface area contributed by atoms with Crippen LogP contribution in [0.15, 0.2) is 72.8 Å². The van der Waals surface area contributed by atoms with E-state index in [1.807, 2.05) is 28.9 Å². The molecule has 3 aromatic carbocycles. The number of ether oxygens (including phenoxy) is 1. The summed E-state index contributed by atoms with van der Waals surface area (Å²) in [6.45, 7) is 6.19. The highest BCUT2D eigenvalue weighted by molar-refractivity contribution is 6.34. The number of ketones is 1. The van der Waals surface area contributed by atoms with Gasteiger partial charge in [0.1, 0.15) is 18.1 Å². The average Bonchev–Trinajstić information content (AvgIpc) is 3.22. The van der Waals surface area contributed by atoms with Gasteiger partial charge in [0.25, 0.3) is 0 Å². The summed E-state index contributed by atoms with van der Waals surface area (Å²) < 4.78 is 7.98. The van der Waals surface area contributed by atoms with E-state index in [4.69, 9.17) is 14.9 Å². The van der Waals surface area contributed by atoms with Gasteiger partial charge in [-0.3, -0.25) is 9.48 Å². The molecule has 0 fully saturated rings. The van der Waals surface area contributed by atoms with Crippen molar-refractivity contribution < 1.29 is 19.4 Å². The van der Waals surface area contributed by atoms with Crippen molar-refractivity contribution in [2.45, 2.75) is 39.3 Å². The van der Waals surface area contributed by atoms with Crippen LogP contribution in [0.3, 0.4) is 0 Å². The lowest BCUT2D eigenvalue weighted by Gasteiger charge is -2.11. The van der Waals surface area contributed by atoms with E-state index < -0.39 is 17.7 Å². The van der Waals surface area contributed by atoms with Crippen LogP contribution in [0.25, 0.3) is 22.2 Å². The van der Waals surface area contributed by atoms with Crippen LogP contribution in [0.1, 0.15) is 43.9 Å². The number of aromatic nitrogens is 2. The maximum atomic E-state index is 11.7. The minimum absolute atomic E-state index is 0.212. The molecule has 6 nitrogen and oxygen atoms in total. The quantitative estimate of drug-likeness (QED) is 0.358. The molecule has 1 N–H and O–H groups in total. The van der Waals surface area contributed by atoms with Crippen molar-refractivity contribution in [3.05, 3.63) is 83.9 Å². The fourth-order valence-corrected chi connectivity index (χ4v) is 3.83. The van der Waals surface area contributed by atoms with Crippen molar-refractivity contribution in [1.82, 2.24) is 9.78 Å². The SMILES string of the molecule is CC(C(=O)C(=O)O)c1ccc(OCc2ccc3c(-c4ccccc4)nn(C(C)C)c3c2)cc1. The number of benzene rings is 3. The predicted octanol–water partition coefficient (Wildman–Crippen LogP) is 5.62. The van der Waals surface area contributed by atoms with E-state index in [0.29, 0.717) is 17.9 Å². The number of hydrogen-bond donors (Lipinski definition) is 1. The van der Waals surface area contributed by atoms with Crippen LogP contribution >= 0.6 is 0 Å². The summed E-state index contributed by atoms with van der Waals surface area (Å²) in [6.07, 6.45) is 0. The number of carboxylic acids is 1. The van der Waals surface area contributed by atoms with Gasteiger partial charge >= 0.3 is 5.97 Å². The molecule has 1 unspecified atom stereocenters. The van der Waals surface area contributed by atoms with Crippen molar-refractivity contribution >= 4 is 22.7 Å². The minimum atomic E-state index is -1.42. The molecule has 0 aliphatic rings. The van der Waals surface area contributed by atoms with Crippen molar-refractivity contribution in [3.8, 4) is 17.0 Å². The van der Waals surface area contributed by atoms with Crippen molar-refractivity contribution in [1.29, 1.82) is 0 Å². The van der Waals surface area contributed by atoms with Gasteiger partial charge in [-0.05, 0) is 43.2 Å². The molecule has 168 valence electrons. The Hall–Kier alpha value is -3.93. The third-order valence-electron chi connectivity index (χ3n) is 5.70. The number of carbonyl (C=O) groups excluding carboxylic acids is 1. The van der Waals surface area contributed by atoms with Crippen molar-refractivity contribution in [3.63, 3.8) is 0 Å². The molecule has 0 spiro atoms. The molecule has 0 bridgehead atoms. The Kier molecular flexibility index (Phi) is 6.27. The topological polar surface area (TPSA) is 81.4 Å². The van der Waals surface area contributed by atoms with Crippen molar-refractivity contribution in [2.75, 3.05) is 0 Å². The molecule has 0 saturated heterocycles. The van der Waals surface area contributed by atoms with Crippen LogP contribution < -0.4 is 4.74 Å². The minimum Gasteiger partial charge on any atom is -0.489 e. The third kappa shape index (κ3) is 4.65. The maximum Gasteiger partial charge on any atom is 0.372 e. The highest BCUT2D eigenvalue weighted by atomic mass is 16.5. The van der Waals surface area contributed by atoms with E-state index in [9.17, 15) is 9.59 Å². The average molecular weight is 443 g/mol. The molecule has 0 aliphatic carbocycles. The summed E-state index contributed by atoms with van der Waals surface area (Å²) in [6, 6.07) is 23.6. The highest BCUT2D eigenvalue weighted by Gasteiger charge is 2.22. The number of hydrogen-bond acceptors (Lipinski definition) is 4. The second kappa shape index (κ2) is 9.28. The summed E-state index contributed by atoms with van der Waals surface area (Å²) in [7, 11) is 0. The standard InChI is InChI=1S/C27H26N2O4/c1-17(2)29-24-15-19(9-14-23(24)25(28-29)21-7-5-4-6-8-21)16-33-22-12-10-20(11-13-22)18(3)26(30)27(31)32/h4-15,17-18H,16H2,1-3H3,(H,31,32). The molecule has 4 rings (SSSR count). The van der Waals surface area contributed by atoms with Gasteiger partial charge in [0, 0.05) is 17.0 Å². The van der Waals surface area contributed by atoms with Gasteiger partial charge in [0.2, 0.25) is 5.78 Å². The molecule has 0 amide bonds. The largest absolute Gasteiger partial charge is 0.489 e. The fourth-order valence-electron chi connectivity index (χ4n) is 3.83. The predicted molar refractivity (Wildman–Crippen MR) is 127 cm³/mol. The first-order chi connectivity index (χ1) is 15.8. The Morgan fingerprint density at radius 2 is 1.67 bits per heavy atom. The summed E-state index contributed by atoms with van der Waals surface area (Å²) in [5, 5.41) is 14.9. The number of carbonyl (C=O) groups is 2. The zero-order valence-corrected chi connectivity index (χ0v) is 18.9. The smallest absolute Gasteiger partial charge is 0.372 e. The number of aliphatic carboxylic acids is 1. The van der Waals surface area contributed by atoms with Crippen LogP contribution in [0, 0.1) is 0 Å². The molecular formula is C27H26N2O4. The Morgan fingerprint density at radius 1 is 0.970 bits per heavy atom. The molecule has 33 heavy (non-hydrogen) atoms. The van der Waals surface area contributed by atoms with Crippen LogP contribution in [0.2, 0.25) is 0 Å². The summed E-state index contributed by atoms with van der Waals surface area (Å²) >= 11 is 0. The van der Waals surface area contributed by atoms with E-state index in [1.165, 1.54) is 0 Å². The summed E-state index contributed by atoms with van der Waals surface area (Å²) in [5.74, 6) is -2.30. The lowest BCUT2D eigenvalue weighted by atomic mass is 9.97. The number of nitrogens with zero attached hydrogens (tertiary/aromatic N) is 2. The molecule has 4 aromatic rings. The van der Waals surface area contributed by atoms with Gasteiger partial charge in [0.15, 0.2) is 0 Å². The Bertz CT molecular complexity index is 1290. The molecule has 1 atom stereocenters. The van der Waals surface area contributed by atoms with Crippen molar-refractivity contribution in [2.24, 2.45) is 0 Å². The Labute approximate surface area is 192 Å². The molecule has 6 heteroatoms. The van der Waals surface area contributed by atoms with Gasteiger partial charge in [0.05, 0.1) is 11.4 Å². The zero-order valence-electron chi connectivity index (χ0n) is 18.9. The van der Waals surface area contributed by atoms with Gasteiger partial charge in [-0.2, -0.15) is 5.10 Å². The first-order valence-electron chi connectivity index (χ1n) is 10.9. The fraction of sp³-hybridized carbons (Fsp3) is 0.222. The Balaban J connectivity index is 1.54. The van der Waals surface area contributed by atoms with Crippen LogP contribution in [0.4, 0.5) is 0 Å². The molecule has 1 aromatic heterocycles. The van der Waals surface area contributed by atoms with Gasteiger partial charge in [-0.25, -0.2) is 4.79 Å². The lowest BCUT2D eigenvalue weighted by Crippen LogP contribution is -2.19. The second-order valence-electron chi connectivity index (χ2n) is 8.35. The lowest BCUT2D eigenvalue weighted by molar-refractivity contribution is -0.149. The van der Waals surface area contributed by atoms with Gasteiger partial charge < -0.3 is 9.84 Å². The normalized spacial score (nSPS) is 12.1. The van der Waals surface area contributed by atoms with Crippen LogP contribution in [0.5, 0.6) is 5.75 Å². The molecule has 0 saturated carbocycles. The zero-order chi connectivity index (χ0) is 23.5. The summed E-state index contributed by atoms with van der Waals surface area (Å²) in [5.41, 5.74) is 4.77. The molecule has 0 aliphatic heterocycles. The molecule has 1 heterocycles. The van der Waals surface area contributed by atoms with E-state index >= 15 is 0 Å². The maximum absolute atomic E-state index is 11.7. The molecule has 0 radical (unpaired) electrons. The van der Waals surface area contributed by atoms with Gasteiger partial charge in [-0.1, -0.05) is 61.5 Å². The first kappa shape index (κ1) is 22.3. The third-order valence-corrected chi connectivity index (χ3v) is 5.70. The second-order valence-corrected chi connectivity index (χ2v) is 8.35. The number of rotatable bonds is 8. The molecular weight excluding hydrogens is 416 g/mol. The van der Waals surface area contributed by atoms with E-state index in [-0.39, 0.29) is 6.04 Å². The van der Waals surface area contributed by atoms with Crippen LogP contribution in [-0.2, 0) is 16.2 Å². The Morgan fingerprint density at radius 3 is 2.30 bits per heavy atom. The number of carboxylic acid groups (broad SMARTS) is 1. The van der Waals surface area contributed by atoms with Gasteiger partial charge in [-0.15, -0.1) is 0 Å². The highest BCUT2D eigenvalue weighted by Crippen LogP contribution is 2.31. The monoisotopic (exact) mass is 442 g/mol. The van der Waals surface area contributed by atoms with E-state index in [2.05, 4.69) is 38.1 Å². The number of Topliss-reactive ketones (excluding diaryl/α,β-unsaturated/α-hetero) is 1. The summed E-state index contributed by atoms with van der Waals surface area (Å²) in [4.78, 5) is 22.6. The first-order valence-corrected chi connectivity index (χ1v) is 10.9. The number of fused-ring (bicyclic) bond motifs is 1. The van der Waals surface area contributed by atoms with E-state index in [0.717, 1.165) is 27.7 Å². The van der Waals surface area contributed by atoms with E-state index in [1.54, 1.807) is 31.2 Å². The van der Waals surface area contributed by atoms with Crippen LogP contribution in [-0.4, -0.2) is 26.6 Å².